The Labute approximate surface area is 205 Å². The van der Waals surface area contributed by atoms with E-state index in [0.29, 0.717) is 23.5 Å². The Morgan fingerprint density at radius 2 is 1.76 bits per heavy atom. The lowest BCUT2D eigenvalue weighted by molar-refractivity contribution is -0.387. The van der Waals surface area contributed by atoms with E-state index in [1.807, 2.05) is 0 Å². The molecule has 2 heterocycles. The largest absolute Gasteiger partial charge is 0.379 e. The maximum atomic E-state index is 13.1. The zero-order valence-corrected chi connectivity index (χ0v) is 20.7. The third-order valence-corrected chi connectivity index (χ3v) is 7.49. The highest BCUT2D eigenvalue weighted by Gasteiger charge is 2.25. The first-order chi connectivity index (χ1) is 16.4. The Hall–Kier alpha value is -2.62. The molecule has 2 aromatic carbocycles. The van der Waals surface area contributed by atoms with Gasteiger partial charge in [-0.25, -0.2) is 0 Å². The van der Waals surface area contributed by atoms with E-state index in [1.54, 1.807) is 17.0 Å². The Morgan fingerprint density at radius 3 is 2.47 bits per heavy atom. The summed E-state index contributed by atoms with van der Waals surface area (Å²) in [5.74, 6) is 0.614. The van der Waals surface area contributed by atoms with Gasteiger partial charge in [-0.3, -0.25) is 19.8 Å². The molecule has 2 aliphatic rings. The second-order valence-electron chi connectivity index (χ2n) is 8.81. The summed E-state index contributed by atoms with van der Waals surface area (Å²) in [5.41, 5.74) is 4.04. The number of morpholine rings is 1. The molecule has 2 saturated heterocycles. The van der Waals surface area contributed by atoms with Crippen molar-refractivity contribution in [3.05, 3.63) is 63.2 Å². The summed E-state index contributed by atoms with van der Waals surface area (Å²) in [7, 11) is 0. The number of nitro benzene ring substituents is 1. The fourth-order valence-electron chi connectivity index (χ4n) is 4.42. The fourth-order valence-corrected chi connectivity index (χ4v) is 5.43. The summed E-state index contributed by atoms with van der Waals surface area (Å²) in [6, 6.07) is 11.3. The smallest absolute Gasteiger partial charge is 0.283 e. The molecule has 0 saturated carbocycles. The number of nitrogens with zero attached hydrogens (tertiary/aromatic N) is 4. The first-order valence-electron chi connectivity index (χ1n) is 11.7. The van der Waals surface area contributed by atoms with E-state index >= 15 is 0 Å². The molecule has 34 heavy (non-hydrogen) atoms. The van der Waals surface area contributed by atoms with E-state index in [-0.39, 0.29) is 16.5 Å². The Bertz CT molecular complexity index is 1030. The number of carbonyl (C=O) groups is 1. The van der Waals surface area contributed by atoms with Crippen LogP contribution in [0.25, 0.3) is 0 Å². The number of nitro groups is 1. The van der Waals surface area contributed by atoms with Crippen molar-refractivity contribution in [2.75, 3.05) is 69.7 Å². The first kappa shape index (κ1) is 24.5. The van der Waals surface area contributed by atoms with Gasteiger partial charge in [0.25, 0.3) is 11.6 Å². The van der Waals surface area contributed by atoms with Crippen molar-refractivity contribution in [2.45, 2.75) is 18.7 Å². The van der Waals surface area contributed by atoms with Gasteiger partial charge in [0.15, 0.2) is 0 Å². The molecule has 0 radical (unpaired) electrons. The van der Waals surface area contributed by atoms with E-state index < -0.39 is 0 Å². The predicted molar refractivity (Wildman–Crippen MR) is 135 cm³/mol. The zero-order valence-electron chi connectivity index (χ0n) is 19.9. The number of carbonyl (C=O) groups excluding carboxylic acids is 1. The number of aryl methyl sites for hydroxylation is 2. The molecule has 0 spiro atoms. The lowest BCUT2D eigenvalue weighted by Gasteiger charge is -2.37. The number of hydrogen-bond acceptors (Lipinski definition) is 7. The van der Waals surface area contributed by atoms with Crippen LogP contribution < -0.4 is 4.90 Å². The average Bonchev–Trinajstić information content (AvgIpc) is 2.86. The highest BCUT2D eigenvalue weighted by atomic mass is 32.2. The van der Waals surface area contributed by atoms with Crippen LogP contribution in [0.2, 0.25) is 0 Å². The lowest BCUT2D eigenvalue weighted by Crippen LogP contribution is -2.49. The fraction of sp³-hybridized carbons (Fsp3) is 0.480. The molecule has 0 N–H and O–H groups in total. The molecule has 2 aromatic rings. The minimum atomic E-state index is -0.383. The molecule has 0 unspecified atom stereocenters. The minimum Gasteiger partial charge on any atom is -0.379 e. The molecule has 9 heteroatoms. The highest BCUT2D eigenvalue weighted by molar-refractivity contribution is 7.99. The SMILES string of the molecule is Cc1ccc(C)c(N2CCN(C(=O)c3ccc(SCCN4CCOCC4)c([N+](=O)[O-])c3)CC2)c1. The van der Waals surface area contributed by atoms with Gasteiger partial charge in [-0.2, -0.15) is 0 Å². The Balaban J connectivity index is 1.37. The van der Waals surface area contributed by atoms with Gasteiger partial charge < -0.3 is 14.5 Å². The topological polar surface area (TPSA) is 79.2 Å². The maximum Gasteiger partial charge on any atom is 0.283 e. The van der Waals surface area contributed by atoms with Crippen molar-refractivity contribution >= 4 is 29.0 Å². The van der Waals surface area contributed by atoms with Gasteiger partial charge in [0, 0.05) is 68.9 Å². The van der Waals surface area contributed by atoms with Crippen LogP contribution in [-0.4, -0.2) is 85.4 Å². The van der Waals surface area contributed by atoms with Gasteiger partial charge >= 0.3 is 0 Å². The molecule has 1 amide bonds. The second-order valence-corrected chi connectivity index (χ2v) is 9.95. The summed E-state index contributed by atoms with van der Waals surface area (Å²) >= 11 is 1.47. The van der Waals surface area contributed by atoms with Crippen molar-refractivity contribution < 1.29 is 14.5 Å². The number of ether oxygens (including phenoxy) is 1. The molecular formula is C25H32N4O4S. The Kier molecular flexibility index (Phi) is 8.07. The van der Waals surface area contributed by atoms with E-state index in [2.05, 4.69) is 41.8 Å². The van der Waals surface area contributed by atoms with Crippen LogP contribution in [0, 0.1) is 24.0 Å². The van der Waals surface area contributed by atoms with Gasteiger partial charge in [0.1, 0.15) is 0 Å². The third kappa shape index (κ3) is 5.89. The molecule has 4 rings (SSSR count). The van der Waals surface area contributed by atoms with Gasteiger partial charge in [-0.05, 0) is 43.2 Å². The normalized spacial score (nSPS) is 17.1. The van der Waals surface area contributed by atoms with Crippen LogP contribution in [0.4, 0.5) is 11.4 Å². The number of rotatable bonds is 7. The molecule has 8 nitrogen and oxygen atoms in total. The number of anilines is 1. The quantitative estimate of drug-likeness (QED) is 0.338. The molecule has 0 bridgehead atoms. The summed E-state index contributed by atoms with van der Waals surface area (Å²) in [6.45, 7) is 11.0. The van der Waals surface area contributed by atoms with Crippen LogP contribution in [0.3, 0.4) is 0 Å². The second kappa shape index (κ2) is 11.2. The number of amides is 1. The molecule has 0 aliphatic carbocycles. The standard InChI is InChI=1S/C25H32N4O4S/c1-19-3-4-20(2)22(17-19)27-7-9-28(10-8-27)25(30)21-5-6-24(23(18-21)29(31)32)34-16-13-26-11-14-33-15-12-26/h3-6,17-18H,7-16H2,1-2H3. The van der Waals surface area contributed by atoms with Crippen LogP contribution in [0.5, 0.6) is 0 Å². The highest BCUT2D eigenvalue weighted by Crippen LogP contribution is 2.31. The maximum absolute atomic E-state index is 13.1. The van der Waals surface area contributed by atoms with Crippen molar-refractivity contribution in [3.8, 4) is 0 Å². The summed E-state index contributed by atoms with van der Waals surface area (Å²) < 4.78 is 5.36. The molecule has 0 atom stereocenters. The predicted octanol–water partition coefficient (Wildman–Crippen LogP) is 3.60. The number of thioether (sulfide) groups is 1. The van der Waals surface area contributed by atoms with Crippen molar-refractivity contribution in [1.82, 2.24) is 9.80 Å². The molecule has 0 aromatic heterocycles. The summed E-state index contributed by atoms with van der Waals surface area (Å²) in [6.07, 6.45) is 0. The van der Waals surface area contributed by atoms with Crippen LogP contribution in [0.1, 0.15) is 21.5 Å². The van der Waals surface area contributed by atoms with Gasteiger partial charge in [-0.15, -0.1) is 11.8 Å². The molecule has 182 valence electrons. The third-order valence-electron chi connectivity index (χ3n) is 6.44. The molecule has 2 fully saturated rings. The lowest BCUT2D eigenvalue weighted by atomic mass is 10.1. The molecular weight excluding hydrogens is 452 g/mol. The van der Waals surface area contributed by atoms with Crippen molar-refractivity contribution in [2.24, 2.45) is 0 Å². The van der Waals surface area contributed by atoms with E-state index in [4.69, 9.17) is 4.74 Å². The van der Waals surface area contributed by atoms with Crippen molar-refractivity contribution in [1.29, 1.82) is 0 Å². The minimum absolute atomic E-state index is 0.00634. The monoisotopic (exact) mass is 484 g/mol. The van der Waals surface area contributed by atoms with Crippen molar-refractivity contribution in [3.63, 3.8) is 0 Å². The Morgan fingerprint density at radius 1 is 1.03 bits per heavy atom. The van der Waals surface area contributed by atoms with Crippen LogP contribution >= 0.6 is 11.8 Å². The van der Waals surface area contributed by atoms with Gasteiger partial charge in [-0.1, -0.05) is 12.1 Å². The average molecular weight is 485 g/mol. The van der Waals surface area contributed by atoms with Crippen LogP contribution in [0.15, 0.2) is 41.3 Å². The number of hydrogen-bond donors (Lipinski definition) is 0. The number of piperazine rings is 1. The van der Waals surface area contributed by atoms with Crippen LogP contribution in [-0.2, 0) is 4.74 Å². The van der Waals surface area contributed by atoms with Gasteiger partial charge in [0.2, 0.25) is 0 Å². The van der Waals surface area contributed by atoms with E-state index in [1.165, 1.54) is 34.6 Å². The van der Waals surface area contributed by atoms with Gasteiger partial charge in [0.05, 0.1) is 23.0 Å². The van der Waals surface area contributed by atoms with E-state index in [0.717, 1.165) is 51.7 Å². The number of benzene rings is 2. The van der Waals surface area contributed by atoms with E-state index in [9.17, 15) is 14.9 Å². The molecule has 2 aliphatic heterocycles. The zero-order chi connectivity index (χ0) is 24.1. The summed E-state index contributed by atoms with van der Waals surface area (Å²) in [5, 5.41) is 11.7. The first-order valence-corrected chi connectivity index (χ1v) is 12.7. The summed E-state index contributed by atoms with van der Waals surface area (Å²) in [4.78, 5) is 31.5.